The van der Waals surface area contributed by atoms with Gasteiger partial charge in [0.1, 0.15) is 11.5 Å². The Bertz CT molecular complexity index is 1080. The molecule has 0 saturated carbocycles. The Morgan fingerprint density at radius 3 is 2.27 bits per heavy atom. The van der Waals surface area contributed by atoms with E-state index in [1.165, 1.54) is 6.07 Å². The first-order valence-electron chi connectivity index (χ1n) is 8.28. The average molecular weight is 344 g/mol. The summed E-state index contributed by atoms with van der Waals surface area (Å²) in [7, 11) is 3.85. The van der Waals surface area contributed by atoms with Gasteiger partial charge in [-0.25, -0.2) is 4.39 Å². The molecule has 128 valence electrons. The van der Waals surface area contributed by atoms with Crippen molar-refractivity contribution < 1.29 is 4.39 Å². The number of rotatable bonds is 3. The number of pyridine rings is 1. The topological polar surface area (TPSA) is 41.9 Å². The van der Waals surface area contributed by atoms with E-state index in [-0.39, 0.29) is 5.82 Å². The number of halogens is 1. The predicted octanol–water partition coefficient (Wildman–Crippen LogP) is 4.56. The van der Waals surface area contributed by atoms with Crippen LogP contribution in [0.3, 0.4) is 0 Å². The number of fused-ring (bicyclic) bond motifs is 1. The van der Waals surface area contributed by atoms with Crippen LogP contribution in [0, 0.1) is 5.82 Å². The van der Waals surface area contributed by atoms with Crippen LogP contribution < -0.4 is 4.90 Å². The van der Waals surface area contributed by atoms with E-state index in [2.05, 4.69) is 15.2 Å². The molecule has 0 radical (unpaired) electrons. The van der Waals surface area contributed by atoms with Crippen molar-refractivity contribution in [1.82, 2.24) is 15.2 Å². The van der Waals surface area contributed by atoms with E-state index in [1.54, 1.807) is 24.5 Å². The number of nitrogens with zero attached hydrogens (tertiary/aromatic N) is 4. The van der Waals surface area contributed by atoms with E-state index >= 15 is 0 Å². The fourth-order valence-corrected chi connectivity index (χ4v) is 3.02. The monoisotopic (exact) mass is 344 g/mol. The highest BCUT2D eigenvalue weighted by molar-refractivity contribution is 5.99. The van der Waals surface area contributed by atoms with Crippen molar-refractivity contribution in [3.8, 4) is 22.4 Å². The Morgan fingerprint density at radius 1 is 0.808 bits per heavy atom. The maximum Gasteiger partial charge on any atom is 0.151 e. The van der Waals surface area contributed by atoms with E-state index in [1.807, 2.05) is 55.4 Å². The van der Waals surface area contributed by atoms with Crippen molar-refractivity contribution in [2.45, 2.75) is 0 Å². The van der Waals surface area contributed by atoms with Crippen LogP contribution in [-0.4, -0.2) is 29.3 Å². The maximum absolute atomic E-state index is 14.2. The van der Waals surface area contributed by atoms with Crippen molar-refractivity contribution in [1.29, 1.82) is 0 Å². The second kappa shape index (κ2) is 6.52. The minimum atomic E-state index is -0.243. The van der Waals surface area contributed by atoms with Crippen LogP contribution in [0.15, 0.2) is 67.0 Å². The van der Waals surface area contributed by atoms with Crippen molar-refractivity contribution in [3.05, 3.63) is 72.8 Å². The lowest BCUT2D eigenvalue weighted by Gasteiger charge is -2.16. The molecule has 0 aliphatic carbocycles. The van der Waals surface area contributed by atoms with Crippen molar-refractivity contribution >= 4 is 16.6 Å². The van der Waals surface area contributed by atoms with Gasteiger partial charge in [-0.05, 0) is 41.3 Å². The maximum atomic E-state index is 14.2. The molecule has 4 aromatic rings. The van der Waals surface area contributed by atoms with Gasteiger partial charge in [-0.15, -0.1) is 10.2 Å². The van der Waals surface area contributed by atoms with Gasteiger partial charge in [0.2, 0.25) is 0 Å². The van der Waals surface area contributed by atoms with Gasteiger partial charge in [-0.1, -0.05) is 24.3 Å². The summed E-state index contributed by atoms with van der Waals surface area (Å²) in [6.45, 7) is 0. The highest BCUT2D eigenvalue weighted by Gasteiger charge is 2.16. The molecule has 4 nitrogen and oxygen atoms in total. The Labute approximate surface area is 151 Å². The number of benzene rings is 2. The lowest BCUT2D eigenvalue weighted by Crippen LogP contribution is -2.12. The Balaban J connectivity index is 2.03. The van der Waals surface area contributed by atoms with E-state index < -0.39 is 0 Å². The second-order valence-corrected chi connectivity index (χ2v) is 6.24. The van der Waals surface area contributed by atoms with Gasteiger partial charge >= 0.3 is 0 Å². The third-order valence-electron chi connectivity index (χ3n) is 4.36. The third kappa shape index (κ3) is 2.77. The average Bonchev–Trinajstić information content (AvgIpc) is 2.69. The summed E-state index contributed by atoms with van der Waals surface area (Å²) in [6, 6.07) is 16.5. The molecule has 0 unspecified atom stereocenters. The molecule has 0 atom stereocenters. The lowest BCUT2D eigenvalue weighted by molar-refractivity contribution is 0.640. The number of aromatic nitrogens is 3. The largest absolute Gasteiger partial charge is 0.361 e. The van der Waals surface area contributed by atoms with Crippen molar-refractivity contribution in [2.24, 2.45) is 0 Å². The van der Waals surface area contributed by atoms with Crippen LogP contribution in [-0.2, 0) is 0 Å². The third-order valence-corrected chi connectivity index (χ3v) is 4.36. The van der Waals surface area contributed by atoms with Gasteiger partial charge in [-0.2, -0.15) is 0 Å². The number of anilines is 1. The fourth-order valence-electron chi connectivity index (χ4n) is 3.02. The summed E-state index contributed by atoms with van der Waals surface area (Å²) >= 11 is 0. The van der Waals surface area contributed by atoms with Gasteiger partial charge in [0.25, 0.3) is 0 Å². The molecule has 0 N–H and O–H groups in total. The molecule has 0 aliphatic rings. The molecule has 0 aliphatic heterocycles. The van der Waals surface area contributed by atoms with Crippen LogP contribution >= 0.6 is 0 Å². The summed E-state index contributed by atoms with van der Waals surface area (Å²) in [6.07, 6.45) is 3.50. The molecule has 0 amide bonds. The SMILES string of the molecule is CN(C)c1cc(-c2ccncc2)c(-c2ccc(F)c3ccccc23)nn1. The summed E-state index contributed by atoms with van der Waals surface area (Å²) in [5.41, 5.74) is 3.49. The minimum absolute atomic E-state index is 0.243. The van der Waals surface area contributed by atoms with Gasteiger partial charge in [0.15, 0.2) is 5.82 Å². The quantitative estimate of drug-likeness (QED) is 0.546. The molecule has 0 saturated heterocycles. The molecule has 2 aromatic carbocycles. The first-order chi connectivity index (χ1) is 12.6. The molecule has 5 heteroatoms. The van der Waals surface area contributed by atoms with E-state index in [9.17, 15) is 4.39 Å². The summed E-state index contributed by atoms with van der Waals surface area (Å²) in [4.78, 5) is 6.00. The smallest absolute Gasteiger partial charge is 0.151 e. The minimum Gasteiger partial charge on any atom is -0.361 e. The van der Waals surface area contributed by atoms with Crippen LogP contribution in [0.4, 0.5) is 10.2 Å². The highest BCUT2D eigenvalue weighted by Crippen LogP contribution is 2.36. The van der Waals surface area contributed by atoms with E-state index in [0.717, 1.165) is 33.6 Å². The number of hydrogen-bond donors (Lipinski definition) is 0. The first-order valence-corrected chi connectivity index (χ1v) is 8.28. The fraction of sp³-hybridized carbons (Fsp3) is 0.0952. The van der Waals surface area contributed by atoms with Gasteiger partial charge in [0.05, 0.1) is 0 Å². The molecule has 26 heavy (non-hydrogen) atoms. The Morgan fingerprint density at radius 2 is 1.54 bits per heavy atom. The van der Waals surface area contributed by atoms with Crippen LogP contribution in [0.1, 0.15) is 0 Å². The molecule has 2 heterocycles. The standard InChI is InChI=1S/C21H17FN4/c1-26(2)20-13-18(14-9-11-23-12-10-14)21(25-24-20)17-7-8-19(22)16-6-4-3-5-15(16)17/h3-13H,1-2H3. The zero-order chi connectivity index (χ0) is 18.1. The molecular formula is C21H17FN4. The summed E-state index contributed by atoms with van der Waals surface area (Å²) in [5, 5.41) is 10.2. The van der Waals surface area contributed by atoms with Gasteiger partial charge in [-0.3, -0.25) is 4.98 Å². The molecule has 0 bridgehead atoms. The van der Waals surface area contributed by atoms with Crippen LogP contribution in [0.25, 0.3) is 33.2 Å². The van der Waals surface area contributed by atoms with Gasteiger partial charge in [0, 0.05) is 43.0 Å². The predicted molar refractivity (Wildman–Crippen MR) is 102 cm³/mol. The second-order valence-electron chi connectivity index (χ2n) is 6.24. The molecule has 0 spiro atoms. The molecule has 0 fully saturated rings. The molecule has 2 aromatic heterocycles. The van der Waals surface area contributed by atoms with Gasteiger partial charge < -0.3 is 4.90 Å². The van der Waals surface area contributed by atoms with Crippen LogP contribution in [0.5, 0.6) is 0 Å². The van der Waals surface area contributed by atoms with E-state index in [0.29, 0.717) is 5.39 Å². The molecule has 4 rings (SSSR count). The normalized spacial score (nSPS) is 10.9. The lowest BCUT2D eigenvalue weighted by atomic mass is 9.96. The van der Waals surface area contributed by atoms with E-state index in [4.69, 9.17) is 0 Å². The molecular weight excluding hydrogens is 327 g/mol. The van der Waals surface area contributed by atoms with Crippen molar-refractivity contribution in [3.63, 3.8) is 0 Å². The summed E-state index contributed by atoms with van der Waals surface area (Å²) in [5.74, 6) is 0.514. The zero-order valence-electron chi connectivity index (χ0n) is 14.5. The summed E-state index contributed by atoms with van der Waals surface area (Å²) < 4.78 is 14.2. The van der Waals surface area contributed by atoms with Crippen LogP contribution in [0.2, 0.25) is 0 Å². The zero-order valence-corrected chi connectivity index (χ0v) is 14.5. The number of hydrogen-bond acceptors (Lipinski definition) is 4. The Hall–Kier alpha value is -3.34. The first kappa shape index (κ1) is 16.1. The Kier molecular flexibility index (Phi) is 4.05. The highest BCUT2D eigenvalue weighted by atomic mass is 19.1. The van der Waals surface area contributed by atoms with Crippen molar-refractivity contribution in [2.75, 3.05) is 19.0 Å².